The van der Waals surface area contributed by atoms with Gasteiger partial charge in [-0.05, 0) is 120 Å². The number of piperidine rings is 1. The highest BCUT2D eigenvalue weighted by Gasteiger charge is 2.36. The van der Waals surface area contributed by atoms with Gasteiger partial charge in [0.2, 0.25) is 0 Å². The third kappa shape index (κ3) is 11.4. The second kappa shape index (κ2) is 19.0. The van der Waals surface area contributed by atoms with Crippen molar-refractivity contribution >= 4 is 0 Å². The minimum Gasteiger partial charge on any atom is -0.493 e. The summed E-state index contributed by atoms with van der Waals surface area (Å²) in [4.78, 5) is 2.12. The Morgan fingerprint density at radius 2 is 1.50 bits per heavy atom. The maximum absolute atomic E-state index is 10.2. The van der Waals surface area contributed by atoms with Crippen molar-refractivity contribution in [3.05, 3.63) is 22.3 Å². The van der Waals surface area contributed by atoms with E-state index in [1.807, 2.05) is 0 Å². The summed E-state index contributed by atoms with van der Waals surface area (Å²) in [5, 5.41) is 29.8. The van der Waals surface area contributed by atoms with Gasteiger partial charge in [0.25, 0.3) is 0 Å². The first kappa shape index (κ1) is 39.1. The lowest BCUT2D eigenvalue weighted by Crippen LogP contribution is -2.56. The SMILES string of the molecule is Cc1c(C)c2c(c(C)c1OCCCCCN1CC[C@@H](O)[C@H](O)[C@H]1CO)CC[C@@](C)(CCC[C@H](C)CCC[C@H](C)CCCC(C)C)O2. The maximum atomic E-state index is 10.2. The Bertz CT molecular complexity index is 1040. The summed E-state index contributed by atoms with van der Waals surface area (Å²) in [6.07, 6.45) is 15.9. The van der Waals surface area contributed by atoms with E-state index in [9.17, 15) is 15.3 Å². The second-order valence-electron chi connectivity index (χ2n) is 16.0. The Morgan fingerprint density at radius 1 is 0.848 bits per heavy atom. The molecule has 3 N–H and O–H groups in total. The maximum Gasteiger partial charge on any atom is 0.127 e. The van der Waals surface area contributed by atoms with Crippen LogP contribution in [0.4, 0.5) is 0 Å². The summed E-state index contributed by atoms with van der Waals surface area (Å²) >= 11 is 0. The van der Waals surface area contributed by atoms with E-state index < -0.39 is 12.2 Å². The highest BCUT2D eigenvalue weighted by atomic mass is 16.5. The van der Waals surface area contributed by atoms with E-state index in [0.717, 1.165) is 74.3 Å². The lowest BCUT2D eigenvalue weighted by Gasteiger charge is -2.40. The van der Waals surface area contributed by atoms with Crippen LogP contribution < -0.4 is 9.47 Å². The van der Waals surface area contributed by atoms with Gasteiger partial charge in [0.15, 0.2) is 0 Å². The molecule has 6 nitrogen and oxygen atoms in total. The third-order valence-electron chi connectivity index (χ3n) is 11.3. The van der Waals surface area contributed by atoms with Crippen LogP contribution in [0.1, 0.15) is 147 Å². The van der Waals surface area contributed by atoms with Gasteiger partial charge in [0, 0.05) is 12.1 Å². The zero-order chi connectivity index (χ0) is 33.9. The van der Waals surface area contributed by atoms with Crippen LogP contribution in [0.3, 0.4) is 0 Å². The monoisotopic (exact) mass is 646 g/mol. The van der Waals surface area contributed by atoms with Crippen molar-refractivity contribution in [1.82, 2.24) is 4.90 Å². The lowest BCUT2D eigenvalue weighted by atomic mass is 9.83. The van der Waals surface area contributed by atoms with Crippen LogP contribution in [0.2, 0.25) is 0 Å². The fourth-order valence-corrected chi connectivity index (χ4v) is 7.85. The highest BCUT2D eigenvalue weighted by Crippen LogP contribution is 2.45. The Labute approximate surface area is 282 Å². The van der Waals surface area contributed by atoms with Crippen molar-refractivity contribution in [3.63, 3.8) is 0 Å². The molecule has 0 unspecified atom stereocenters. The fourth-order valence-electron chi connectivity index (χ4n) is 7.85. The summed E-state index contributed by atoms with van der Waals surface area (Å²) in [7, 11) is 0. The van der Waals surface area contributed by atoms with Gasteiger partial charge in [-0.1, -0.05) is 72.6 Å². The van der Waals surface area contributed by atoms with E-state index in [0.29, 0.717) is 19.6 Å². The normalized spacial score (nSPS) is 24.9. The van der Waals surface area contributed by atoms with Crippen molar-refractivity contribution in [2.45, 2.75) is 176 Å². The third-order valence-corrected chi connectivity index (χ3v) is 11.3. The first-order chi connectivity index (χ1) is 21.9. The van der Waals surface area contributed by atoms with Crippen LogP contribution in [0.5, 0.6) is 11.5 Å². The summed E-state index contributed by atoms with van der Waals surface area (Å²) in [6, 6.07) is -0.371. The number of hydrogen-bond acceptors (Lipinski definition) is 6. The molecule has 2 heterocycles. The van der Waals surface area contributed by atoms with Crippen molar-refractivity contribution in [1.29, 1.82) is 0 Å². The number of likely N-dealkylation sites (tertiary alicyclic amines) is 1. The van der Waals surface area contributed by atoms with Gasteiger partial charge in [-0.2, -0.15) is 0 Å². The van der Waals surface area contributed by atoms with Crippen LogP contribution in [-0.2, 0) is 6.42 Å². The molecular formula is C40H71NO5. The smallest absolute Gasteiger partial charge is 0.127 e. The molecule has 0 aliphatic carbocycles. The van der Waals surface area contributed by atoms with Gasteiger partial charge in [0.05, 0.1) is 31.5 Å². The average Bonchev–Trinajstić information content (AvgIpc) is 3.00. The van der Waals surface area contributed by atoms with Crippen molar-refractivity contribution < 1.29 is 24.8 Å². The molecule has 2 aliphatic rings. The average molecular weight is 646 g/mol. The minimum absolute atomic E-state index is 0.0960. The number of rotatable bonds is 20. The van der Waals surface area contributed by atoms with E-state index in [-0.39, 0.29) is 18.2 Å². The van der Waals surface area contributed by atoms with Crippen molar-refractivity contribution in [3.8, 4) is 11.5 Å². The van der Waals surface area contributed by atoms with Crippen LogP contribution >= 0.6 is 0 Å². The number of unbranched alkanes of at least 4 members (excludes halogenated alkanes) is 2. The molecule has 6 heteroatoms. The molecule has 0 amide bonds. The molecule has 1 saturated heterocycles. The molecular weight excluding hydrogens is 574 g/mol. The Hall–Kier alpha value is -1.34. The molecule has 6 atom stereocenters. The van der Waals surface area contributed by atoms with E-state index in [1.165, 1.54) is 73.6 Å². The zero-order valence-electron chi connectivity index (χ0n) is 31.0. The van der Waals surface area contributed by atoms with Crippen molar-refractivity contribution in [2.75, 3.05) is 26.3 Å². The predicted octanol–water partition coefficient (Wildman–Crippen LogP) is 8.47. The molecule has 1 aromatic carbocycles. The Kier molecular flexibility index (Phi) is 16.2. The largest absolute Gasteiger partial charge is 0.493 e. The number of benzene rings is 1. The van der Waals surface area contributed by atoms with E-state index in [4.69, 9.17) is 9.47 Å². The summed E-state index contributed by atoms with van der Waals surface area (Å²) in [5.74, 6) is 4.62. The second-order valence-corrected chi connectivity index (χ2v) is 16.0. The highest BCUT2D eigenvalue weighted by molar-refractivity contribution is 5.59. The summed E-state index contributed by atoms with van der Waals surface area (Å²) in [6.45, 7) is 20.5. The van der Waals surface area contributed by atoms with Crippen LogP contribution in [-0.4, -0.2) is 70.4 Å². The fraction of sp³-hybridized carbons (Fsp3) is 0.850. The molecule has 0 saturated carbocycles. The standard InChI is InChI=1S/C40H71NO5/c1-28(2)15-12-16-29(3)17-13-18-30(4)19-14-22-40(8)23-20-34-33(7)38(31(5)32(6)39(34)46-40)45-26-11-9-10-24-41-25-21-36(43)37(44)35(41)27-42/h28-30,35-37,42-44H,9-27H2,1-8H3/t29-,30-,35-,36-,37-,40-/m1/s1. The zero-order valence-corrected chi connectivity index (χ0v) is 31.0. The molecule has 1 fully saturated rings. The summed E-state index contributed by atoms with van der Waals surface area (Å²) < 4.78 is 13.3. The first-order valence-electron chi connectivity index (χ1n) is 19.0. The van der Waals surface area contributed by atoms with Gasteiger partial charge >= 0.3 is 0 Å². The predicted molar refractivity (Wildman–Crippen MR) is 191 cm³/mol. The molecule has 1 aromatic rings. The molecule has 2 aliphatic heterocycles. The molecule has 0 bridgehead atoms. The van der Waals surface area contributed by atoms with Crippen molar-refractivity contribution in [2.24, 2.45) is 17.8 Å². The van der Waals surface area contributed by atoms with Gasteiger partial charge in [-0.25, -0.2) is 0 Å². The number of ether oxygens (including phenoxy) is 2. The molecule has 0 spiro atoms. The Morgan fingerprint density at radius 3 is 2.15 bits per heavy atom. The molecule has 0 radical (unpaired) electrons. The number of aliphatic hydroxyl groups is 3. The molecule has 46 heavy (non-hydrogen) atoms. The number of fused-ring (bicyclic) bond motifs is 1. The number of aliphatic hydroxyl groups excluding tert-OH is 3. The van der Waals surface area contributed by atoms with Crippen LogP contribution in [0.15, 0.2) is 0 Å². The minimum atomic E-state index is -0.871. The number of hydrogen-bond donors (Lipinski definition) is 3. The van der Waals surface area contributed by atoms with Gasteiger partial charge in [-0.15, -0.1) is 0 Å². The quantitative estimate of drug-likeness (QED) is 0.123. The van der Waals surface area contributed by atoms with Crippen LogP contribution in [0.25, 0.3) is 0 Å². The van der Waals surface area contributed by atoms with E-state index in [1.54, 1.807) is 0 Å². The lowest BCUT2D eigenvalue weighted by molar-refractivity contribution is -0.0896. The van der Waals surface area contributed by atoms with E-state index in [2.05, 4.69) is 60.3 Å². The van der Waals surface area contributed by atoms with Gasteiger partial charge in [-0.3, -0.25) is 4.90 Å². The number of nitrogens with zero attached hydrogens (tertiary/aromatic N) is 1. The van der Waals surface area contributed by atoms with E-state index >= 15 is 0 Å². The molecule has 0 aromatic heterocycles. The van der Waals surface area contributed by atoms with Gasteiger partial charge in [0.1, 0.15) is 17.1 Å². The molecule has 3 rings (SSSR count). The molecule has 266 valence electrons. The van der Waals surface area contributed by atoms with Crippen LogP contribution in [0, 0.1) is 38.5 Å². The topological polar surface area (TPSA) is 82.4 Å². The Balaban J connectivity index is 1.41. The first-order valence-corrected chi connectivity index (χ1v) is 19.0. The van der Waals surface area contributed by atoms with Gasteiger partial charge < -0.3 is 24.8 Å². The summed E-state index contributed by atoms with van der Waals surface area (Å²) in [5.41, 5.74) is 4.88.